The number of nitrogens with two attached hydrogens (primary N) is 1. The number of nitrogen functional groups attached to an aromatic ring is 1. The lowest BCUT2D eigenvalue weighted by Crippen LogP contribution is -2.12. The highest BCUT2D eigenvalue weighted by molar-refractivity contribution is 5.93. The SMILES string of the molecule is CCCCCCCCCCCC(=O)Nc1cc(C)ccc1N.CCCCCCCCCCCC(=O)O. The van der Waals surface area contributed by atoms with Crippen molar-refractivity contribution in [1.82, 2.24) is 0 Å². The predicted molar refractivity (Wildman–Crippen MR) is 156 cm³/mol. The van der Waals surface area contributed by atoms with Crippen molar-refractivity contribution in [2.45, 2.75) is 149 Å². The summed E-state index contributed by atoms with van der Waals surface area (Å²) in [6.07, 6.45) is 23.5. The van der Waals surface area contributed by atoms with Gasteiger partial charge in [0.1, 0.15) is 0 Å². The van der Waals surface area contributed by atoms with Crippen LogP contribution in [0.25, 0.3) is 0 Å². The summed E-state index contributed by atoms with van der Waals surface area (Å²) in [5.74, 6) is -0.590. The zero-order chi connectivity index (χ0) is 26.9. The summed E-state index contributed by atoms with van der Waals surface area (Å²) >= 11 is 0. The number of carbonyl (C=O) groups is 2. The first-order valence-corrected chi connectivity index (χ1v) is 14.8. The highest BCUT2D eigenvalue weighted by atomic mass is 16.4. The molecule has 0 spiro atoms. The van der Waals surface area contributed by atoms with Crippen molar-refractivity contribution in [1.29, 1.82) is 0 Å². The molecule has 0 heterocycles. The third-order valence-electron chi connectivity index (χ3n) is 6.48. The number of carboxylic acids is 1. The first-order valence-electron chi connectivity index (χ1n) is 14.8. The van der Waals surface area contributed by atoms with Gasteiger partial charge >= 0.3 is 5.97 Å². The van der Waals surface area contributed by atoms with Gasteiger partial charge in [0.15, 0.2) is 0 Å². The van der Waals surface area contributed by atoms with E-state index in [0.717, 1.165) is 36.9 Å². The van der Waals surface area contributed by atoms with E-state index in [1.54, 1.807) is 0 Å². The van der Waals surface area contributed by atoms with Crippen LogP contribution in [0.15, 0.2) is 18.2 Å². The molecular weight excluding hydrogens is 448 g/mol. The Kier molecular flexibility index (Phi) is 23.2. The van der Waals surface area contributed by atoms with Gasteiger partial charge in [-0.05, 0) is 37.5 Å². The van der Waals surface area contributed by atoms with Crippen LogP contribution in [-0.4, -0.2) is 17.0 Å². The van der Waals surface area contributed by atoms with Crippen LogP contribution in [0.3, 0.4) is 0 Å². The molecular formula is C31H56N2O3. The van der Waals surface area contributed by atoms with Crippen LogP contribution in [0.4, 0.5) is 11.4 Å². The van der Waals surface area contributed by atoms with Crippen LogP contribution in [0, 0.1) is 6.92 Å². The molecule has 1 aromatic rings. The van der Waals surface area contributed by atoms with Crippen LogP contribution < -0.4 is 11.1 Å². The molecule has 0 aliphatic carbocycles. The lowest BCUT2D eigenvalue weighted by molar-refractivity contribution is -0.137. The molecule has 4 N–H and O–H groups in total. The van der Waals surface area contributed by atoms with E-state index in [0.29, 0.717) is 18.5 Å². The highest BCUT2D eigenvalue weighted by Crippen LogP contribution is 2.20. The molecule has 0 atom stereocenters. The number of benzene rings is 1. The normalized spacial score (nSPS) is 10.5. The molecule has 208 valence electrons. The summed E-state index contributed by atoms with van der Waals surface area (Å²) in [4.78, 5) is 22.1. The summed E-state index contributed by atoms with van der Waals surface area (Å²) in [5.41, 5.74) is 8.34. The molecule has 1 aromatic carbocycles. The summed E-state index contributed by atoms with van der Waals surface area (Å²) in [6.45, 7) is 6.47. The Morgan fingerprint density at radius 1 is 0.694 bits per heavy atom. The van der Waals surface area contributed by atoms with Gasteiger partial charge in [-0.3, -0.25) is 9.59 Å². The van der Waals surface area contributed by atoms with Crippen molar-refractivity contribution in [3.63, 3.8) is 0 Å². The minimum atomic E-state index is -0.659. The number of nitrogens with one attached hydrogen (secondary N) is 1. The maximum atomic E-state index is 11.9. The molecule has 0 bridgehead atoms. The molecule has 0 saturated heterocycles. The Bertz CT molecular complexity index is 676. The topological polar surface area (TPSA) is 92.4 Å². The smallest absolute Gasteiger partial charge is 0.303 e. The second kappa shape index (κ2) is 24.6. The molecule has 0 aliphatic rings. The first-order chi connectivity index (χ1) is 17.4. The molecule has 5 heteroatoms. The number of anilines is 2. The largest absolute Gasteiger partial charge is 0.481 e. The molecule has 0 saturated carbocycles. The van der Waals surface area contributed by atoms with E-state index in [4.69, 9.17) is 10.8 Å². The van der Waals surface area contributed by atoms with E-state index in [1.165, 1.54) is 89.9 Å². The zero-order valence-electron chi connectivity index (χ0n) is 23.7. The average molecular weight is 505 g/mol. The van der Waals surface area contributed by atoms with Gasteiger partial charge in [0.2, 0.25) is 5.91 Å². The van der Waals surface area contributed by atoms with Gasteiger partial charge in [0, 0.05) is 12.8 Å². The van der Waals surface area contributed by atoms with E-state index in [9.17, 15) is 9.59 Å². The summed E-state index contributed by atoms with van der Waals surface area (Å²) in [6, 6.07) is 5.71. The fourth-order valence-electron chi connectivity index (χ4n) is 4.17. The summed E-state index contributed by atoms with van der Waals surface area (Å²) in [7, 11) is 0. The van der Waals surface area contributed by atoms with Gasteiger partial charge in [-0.2, -0.15) is 0 Å². The molecule has 1 rings (SSSR count). The van der Waals surface area contributed by atoms with Crippen molar-refractivity contribution in [2.24, 2.45) is 0 Å². The molecule has 0 fully saturated rings. The Hall–Kier alpha value is -2.04. The number of carboxylic acid groups (broad SMARTS) is 1. The number of carbonyl (C=O) groups excluding carboxylic acids is 1. The quantitative estimate of drug-likeness (QED) is 0.115. The molecule has 0 radical (unpaired) electrons. The van der Waals surface area contributed by atoms with E-state index >= 15 is 0 Å². The third-order valence-corrected chi connectivity index (χ3v) is 6.48. The predicted octanol–water partition coefficient (Wildman–Crippen LogP) is 9.43. The number of aliphatic carboxylic acids is 1. The van der Waals surface area contributed by atoms with E-state index < -0.39 is 5.97 Å². The summed E-state index contributed by atoms with van der Waals surface area (Å²) in [5, 5.41) is 11.3. The number of hydrogen-bond acceptors (Lipinski definition) is 3. The lowest BCUT2D eigenvalue weighted by atomic mass is 10.1. The van der Waals surface area contributed by atoms with Crippen LogP contribution >= 0.6 is 0 Å². The van der Waals surface area contributed by atoms with Crippen molar-refractivity contribution < 1.29 is 14.7 Å². The van der Waals surface area contributed by atoms with Gasteiger partial charge in [-0.1, -0.05) is 123 Å². The van der Waals surface area contributed by atoms with Crippen molar-refractivity contribution in [3.05, 3.63) is 23.8 Å². The zero-order valence-corrected chi connectivity index (χ0v) is 23.7. The van der Waals surface area contributed by atoms with E-state index in [2.05, 4.69) is 19.2 Å². The number of aryl methyl sites for hydroxylation is 1. The Balaban J connectivity index is 0.000000757. The fourth-order valence-corrected chi connectivity index (χ4v) is 4.17. The van der Waals surface area contributed by atoms with Crippen LogP contribution in [0.2, 0.25) is 0 Å². The van der Waals surface area contributed by atoms with Crippen LogP contribution in [0.5, 0.6) is 0 Å². The molecule has 1 amide bonds. The number of unbranched alkanes of at least 4 members (excludes halogenated alkanes) is 16. The molecule has 0 aliphatic heterocycles. The number of hydrogen-bond donors (Lipinski definition) is 3. The average Bonchev–Trinajstić information content (AvgIpc) is 2.84. The number of amides is 1. The maximum Gasteiger partial charge on any atom is 0.303 e. The fraction of sp³-hybridized carbons (Fsp3) is 0.742. The highest BCUT2D eigenvalue weighted by Gasteiger charge is 2.05. The molecule has 0 unspecified atom stereocenters. The molecule has 36 heavy (non-hydrogen) atoms. The van der Waals surface area contributed by atoms with E-state index in [-0.39, 0.29) is 5.91 Å². The van der Waals surface area contributed by atoms with Crippen molar-refractivity contribution >= 4 is 23.3 Å². The number of rotatable bonds is 21. The first kappa shape index (κ1) is 34.0. The van der Waals surface area contributed by atoms with Gasteiger partial charge in [-0.25, -0.2) is 0 Å². The van der Waals surface area contributed by atoms with Gasteiger partial charge < -0.3 is 16.2 Å². The monoisotopic (exact) mass is 504 g/mol. The lowest BCUT2D eigenvalue weighted by Gasteiger charge is -2.09. The minimum absolute atomic E-state index is 0.0697. The standard InChI is InChI=1S/C19H32N2O.C12H24O2/c1-3-4-5-6-7-8-9-10-11-12-19(22)21-18-15-16(2)13-14-17(18)20;1-2-3-4-5-6-7-8-9-10-11-12(13)14/h13-15H,3-12,20H2,1-2H3,(H,21,22);2-11H2,1H3,(H,13,14). The second-order valence-corrected chi connectivity index (χ2v) is 10.2. The third kappa shape index (κ3) is 22.4. The van der Waals surface area contributed by atoms with Crippen LogP contribution in [-0.2, 0) is 9.59 Å². The van der Waals surface area contributed by atoms with Gasteiger partial charge in [-0.15, -0.1) is 0 Å². The van der Waals surface area contributed by atoms with Crippen molar-refractivity contribution in [2.75, 3.05) is 11.1 Å². The molecule has 5 nitrogen and oxygen atoms in total. The minimum Gasteiger partial charge on any atom is -0.481 e. The van der Waals surface area contributed by atoms with Gasteiger partial charge in [0.05, 0.1) is 11.4 Å². The Morgan fingerprint density at radius 2 is 1.11 bits per heavy atom. The Labute approximate surface area is 222 Å². The maximum absolute atomic E-state index is 11.9. The van der Waals surface area contributed by atoms with Crippen LogP contribution in [0.1, 0.15) is 148 Å². The Morgan fingerprint density at radius 3 is 1.56 bits per heavy atom. The van der Waals surface area contributed by atoms with Crippen molar-refractivity contribution in [3.8, 4) is 0 Å². The summed E-state index contributed by atoms with van der Waals surface area (Å²) < 4.78 is 0. The molecule has 0 aromatic heterocycles. The van der Waals surface area contributed by atoms with E-state index in [1.807, 2.05) is 25.1 Å². The van der Waals surface area contributed by atoms with Gasteiger partial charge in [0.25, 0.3) is 0 Å². The second-order valence-electron chi connectivity index (χ2n) is 10.2.